The summed E-state index contributed by atoms with van der Waals surface area (Å²) >= 11 is 0. The van der Waals surface area contributed by atoms with E-state index in [0.29, 0.717) is 6.04 Å². The van der Waals surface area contributed by atoms with Crippen molar-refractivity contribution in [3.05, 3.63) is 78.4 Å². The lowest BCUT2D eigenvalue weighted by Gasteiger charge is -2.24. The third kappa shape index (κ3) is 3.03. The molecular formula is C19H20N4. The van der Waals surface area contributed by atoms with Crippen molar-refractivity contribution in [3.8, 4) is 5.69 Å². The van der Waals surface area contributed by atoms with Crippen molar-refractivity contribution in [1.29, 1.82) is 0 Å². The minimum absolute atomic E-state index is 0.517. The summed E-state index contributed by atoms with van der Waals surface area (Å²) in [6.45, 7) is 2.15. The zero-order chi connectivity index (χ0) is 15.5. The van der Waals surface area contributed by atoms with Gasteiger partial charge < -0.3 is 0 Å². The summed E-state index contributed by atoms with van der Waals surface area (Å²) in [4.78, 5) is 6.70. The molecule has 1 aliphatic rings. The van der Waals surface area contributed by atoms with E-state index in [1.165, 1.54) is 24.0 Å². The van der Waals surface area contributed by atoms with E-state index in [-0.39, 0.29) is 0 Å². The zero-order valence-electron chi connectivity index (χ0n) is 13.0. The van der Waals surface area contributed by atoms with Gasteiger partial charge in [0.25, 0.3) is 0 Å². The first kappa shape index (κ1) is 14.2. The highest BCUT2D eigenvalue weighted by atomic mass is 15.3. The predicted molar refractivity (Wildman–Crippen MR) is 90.2 cm³/mol. The van der Waals surface area contributed by atoms with Gasteiger partial charge in [0.2, 0.25) is 0 Å². The Morgan fingerprint density at radius 3 is 2.57 bits per heavy atom. The van der Waals surface area contributed by atoms with Crippen molar-refractivity contribution in [1.82, 2.24) is 19.7 Å². The van der Waals surface area contributed by atoms with Crippen molar-refractivity contribution < 1.29 is 0 Å². The fourth-order valence-electron chi connectivity index (χ4n) is 3.39. The van der Waals surface area contributed by atoms with Crippen LogP contribution in [0.4, 0.5) is 0 Å². The molecule has 0 saturated carbocycles. The summed E-state index contributed by atoms with van der Waals surface area (Å²) in [5.41, 5.74) is 3.83. The molecule has 1 aromatic carbocycles. The van der Waals surface area contributed by atoms with Crippen LogP contribution < -0.4 is 0 Å². The highest BCUT2D eigenvalue weighted by molar-refractivity contribution is 5.34. The van der Waals surface area contributed by atoms with Crippen LogP contribution in [0.15, 0.2) is 67.3 Å². The summed E-state index contributed by atoms with van der Waals surface area (Å²) < 4.78 is 1.89. The van der Waals surface area contributed by atoms with E-state index in [1.54, 1.807) is 6.20 Å². The van der Waals surface area contributed by atoms with Crippen LogP contribution in [0.25, 0.3) is 5.69 Å². The van der Waals surface area contributed by atoms with E-state index < -0.39 is 0 Å². The van der Waals surface area contributed by atoms with E-state index in [2.05, 4.69) is 51.4 Å². The molecule has 0 spiro atoms. The second-order valence-electron chi connectivity index (χ2n) is 6.03. The second kappa shape index (κ2) is 6.34. The Morgan fingerprint density at radius 1 is 1.00 bits per heavy atom. The van der Waals surface area contributed by atoms with Crippen LogP contribution in [-0.2, 0) is 6.54 Å². The van der Waals surface area contributed by atoms with Gasteiger partial charge in [-0.2, -0.15) is 5.10 Å². The smallest absolute Gasteiger partial charge is 0.0645 e. The summed E-state index contributed by atoms with van der Waals surface area (Å²) in [6.07, 6.45) is 10.1. The number of pyridine rings is 1. The number of nitrogens with zero attached hydrogens (tertiary/aromatic N) is 4. The Labute approximate surface area is 136 Å². The van der Waals surface area contributed by atoms with Crippen molar-refractivity contribution in [2.75, 3.05) is 6.54 Å². The first-order chi connectivity index (χ1) is 11.4. The van der Waals surface area contributed by atoms with Gasteiger partial charge in [-0.3, -0.25) is 9.88 Å². The Balaban J connectivity index is 1.49. The maximum Gasteiger partial charge on any atom is 0.0645 e. The first-order valence-corrected chi connectivity index (χ1v) is 8.13. The third-order valence-electron chi connectivity index (χ3n) is 4.55. The number of hydrogen-bond acceptors (Lipinski definition) is 3. The molecule has 4 nitrogen and oxygen atoms in total. The molecule has 3 aromatic rings. The standard InChI is InChI=1S/C19H20N4/c1-3-19(17-8-11-20-12-9-17)22(13-1)15-16-4-6-18(7-5-16)23-14-2-10-21-23/h2,4-12,14,19H,1,3,13,15H2/t19-/m0/s1. The second-order valence-corrected chi connectivity index (χ2v) is 6.03. The summed E-state index contributed by atoms with van der Waals surface area (Å²) in [7, 11) is 0. The van der Waals surface area contributed by atoms with E-state index in [9.17, 15) is 0 Å². The molecule has 3 heterocycles. The molecule has 0 bridgehead atoms. The SMILES string of the molecule is c1cnn(-c2ccc(CN3CCC[C@H]3c3ccncc3)cc2)c1. The lowest BCUT2D eigenvalue weighted by Crippen LogP contribution is -2.22. The van der Waals surface area contributed by atoms with E-state index in [1.807, 2.05) is 29.3 Å². The highest BCUT2D eigenvalue weighted by Gasteiger charge is 2.25. The van der Waals surface area contributed by atoms with E-state index in [4.69, 9.17) is 0 Å². The maximum atomic E-state index is 4.27. The number of aromatic nitrogens is 3. The minimum atomic E-state index is 0.517. The van der Waals surface area contributed by atoms with Crippen molar-refractivity contribution in [2.24, 2.45) is 0 Å². The molecule has 1 saturated heterocycles. The number of hydrogen-bond donors (Lipinski definition) is 0. The average Bonchev–Trinajstić information content (AvgIpc) is 3.28. The Morgan fingerprint density at radius 2 is 1.83 bits per heavy atom. The number of rotatable bonds is 4. The number of benzene rings is 1. The van der Waals surface area contributed by atoms with Crippen LogP contribution in [0.2, 0.25) is 0 Å². The monoisotopic (exact) mass is 304 g/mol. The fraction of sp³-hybridized carbons (Fsp3) is 0.263. The summed E-state index contributed by atoms with van der Waals surface area (Å²) in [6, 6.07) is 15.4. The lowest BCUT2D eigenvalue weighted by atomic mass is 10.1. The normalized spacial score (nSPS) is 18.3. The maximum absolute atomic E-state index is 4.27. The van der Waals surface area contributed by atoms with Gasteiger partial charge in [-0.25, -0.2) is 4.68 Å². The Bertz CT molecular complexity index is 735. The molecule has 1 fully saturated rings. The van der Waals surface area contributed by atoms with Gasteiger partial charge in [0.1, 0.15) is 0 Å². The van der Waals surface area contributed by atoms with E-state index in [0.717, 1.165) is 18.8 Å². The summed E-state index contributed by atoms with van der Waals surface area (Å²) in [5, 5.41) is 4.27. The van der Waals surface area contributed by atoms with Gasteiger partial charge >= 0.3 is 0 Å². The molecule has 2 aromatic heterocycles. The highest BCUT2D eigenvalue weighted by Crippen LogP contribution is 2.32. The van der Waals surface area contributed by atoms with Crippen molar-refractivity contribution in [3.63, 3.8) is 0 Å². The molecule has 1 atom stereocenters. The average molecular weight is 304 g/mol. The molecule has 0 radical (unpaired) electrons. The van der Waals surface area contributed by atoms with Gasteiger partial charge in [0.15, 0.2) is 0 Å². The third-order valence-corrected chi connectivity index (χ3v) is 4.55. The molecule has 23 heavy (non-hydrogen) atoms. The largest absolute Gasteiger partial charge is 0.292 e. The Hall–Kier alpha value is -2.46. The predicted octanol–water partition coefficient (Wildman–Crippen LogP) is 3.60. The molecule has 0 N–H and O–H groups in total. The quantitative estimate of drug-likeness (QED) is 0.738. The fourth-order valence-corrected chi connectivity index (χ4v) is 3.39. The molecule has 0 amide bonds. The van der Waals surface area contributed by atoms with Crippen LogP contribution in [0.5, 0.6) is 0 Å². The van der Waals surface area contributed by atoms with E-state index >= 15 is 0 Å². The molecule has 1 aliphatic heterocycles. The van der Waals surface area contributed by atoms with Crippen LogP contribution in [-0.4, -0.2) is 26.2 Å². The van der Waals surface area contributed by atoms with Gasteiger partial charge in [-0.15, -0.1) is 0 Å². The molecule has 4 heteroatoms. The molecular weight excluding hydrogens is 284 g/mol. The summed E-state index contributed by atoms with van der Waals surface area (Å²) in [5.74, 6) is 0. The van der Waals surface area contributed by atoms with Crippen LogP contribution in [0.1, 0.15) is 30.0 Å². The van der Waals surface area contributed by atoms with Gasteiger partial charge in [0, 0.05) is 37.4 Å². The number of likely N-dealkylation sites (tertiary alicyclic amines) is 1. The molecule has 0 unspecified atom stereocenters. The van der Waals surface area contributed by atoms with Gasteiger partial charge in [-0.1, -0.05) is 12.1 Å². The van der Waals surface area contributed by atoms with Crippen LogP contribution in [0, 0.1) is 0 Å². The zero-order valence-corrected chi connectivity index (χ0v) is 13.0. The molecule has 0 aliphatic carbocycles. The van der Waals surface area contributed by atoms with Gasteiger partial charge in [0.05, 0.1) is 5.69 Å². The van der Waals surface area contributed by atoms with Crippen LogP contribution in [0.3, 0.4) is 0 Å². The molecule has 116 valence electrons. The Kier molecular flexibility index (Phi) is 3.90. The van der Waals surface area contributed by atoms with Crippen molar-refractivity contribution >= 4 is 0 Å². The first-order valence-electron chi connectivity index (χ1n) is 8.13. The van der Waals surface area contributed by atoms with Crippen molar-refractivity contribution in [2.45, 2.75) is 25.4 Å². The minimum Gasteiger partial charge on any atom is -0.292 e. The topological polar surface area (TPSA) is 34.0 Å². The van der Waals surface area contributed by atoms with Crippen LogP contribution >= 0.6 is 0 Å². The lowest BCUT2D eigenvalue weighted by molar-refractivity contribution is 0.248. The van der Waals surface area contributed by atoms with Gasteiger partial charge in [-0.05, 0) is 60.8 Å². The molecule has 4 rings (SSSR count).